The molecule has 2 unspecified atom stereocenters. The molecule has 0 bridgehead atoms. The van der Waals surface area contributed by atoms with Crippen LogP contribution in [0.5, 0.6) is 0 Å². The Balaban J connectivity index is 2.17. The summed E-state index contributed by atoms with van der Waals surface area (Å²) in [4.78, 5) is 15.0. The molecule has 2 aliphatic rings. The molecule has 2 atom stereocenters. The Morgan fingerprint density at radius 2 is 2.06 bits per heavy atom. The van der Waals surface area contributed by atoms with Gasteiger partial charge in [-0.3, -0.25) is 4.79 Å². The van der Waals surface area contributed by atoms with Crippen LogP contribution in [0.15, 0.2) is 0 Å². The first-order valence-corrected chi connectivity index (χ1v) is 7.25. The summed E-state index contributed by atoms with van der Waals surface area (Å²) in [6, 6.07) is 0.785. The summed E-state index contributed by atoms with van der Waals surface area (Å²) in [5.41, 5.74) is 5.58. The number of carbonyl (C=O) groups is 1. The maximum absolute atomic E-state index is 12.9. The molecule has 0 spiro atoms. The minimum absolute atomic E-state index is 0.283. The molecule has 104 valence electrons. The van der Waals surface area contributed by atoms with Crippen LogP contribution in [0.3, 0.4) is 0 Å². The molecule has 0 aromatic heterocycles. The lowest BCUT2D eigenvalue weighted by Crippen LogP contribution is -2.53. The van der Waals surface area contributed by atoms with E-state index in [0.717, 1.165) is 32.1 Å². The van der Waals surface area contributed by atoms with E-state index in [1.807, 2.05) is 0 Å². The van der Waals surface area contributed by atoms with Gasteiger partial charge in [0.2, 0.25) is 5.91 Å². The molecule has 4 nitrogen and oxygen atoms in total. The lowest BCUT2D eigenvalue weighted by Gasteiger charge is -2.41. The van der Waals surface area contributed by atoms with Crippen LogP contribution in [-0.2, 0) is 9.53 Å². The number of carbonyl (C=O) groups excluding carboxylic acids is 1. The summed E-state index contributed by atoms with van der Waals surface area (Å²) in [6.07, 6.45) is 4.87. The van der Waals surface area contributed by atoms with Gasteiger partial charge in [0.1, 0.15) is 0 Å². The zero-order valence-corrected chi connectivity index (χ0v) is 11.7. The van der Waals surface area contributed by atoms with Gasteiger partial charge < -0.3 is 15.4 Å². The molecule has 4 heteroatoms. The van der Waals surface area contributed by atoms with Crippen molar-refractivity contribution in [3.8, 4) is 0 Å². The Morgan fingerprint density at radius 3 is 2.61 bits per heavy atom. The summed E-state index contributed by atoms with van der Waals surface area (Å²) in [7, 11) is 0. The van der Waals surface area contributed by atoms with Gasteiger partial charge in [0.25, 0.3) is 0 Å². The standard InChI is InChI=1S/C14H26N2O2/c1-3-12-5-4-11(2)16(12)13(17)14(10-15)6-8-18-9-7-14/h11-12H,3-10,15H2,1-2H3. The molecule has 0 radical (unpaired) electrons. The van der Waals surface area contributed by atoms with E-state index in [9.17, 15) is 4.79 Å². The predicted octanol–water partition coefficient (Wildman–Crippen LogP) is 1.53. The Morgan fingerprint density at radius 1 is 1.39 bits per heavy atom. The third-order valence-electron chi connectivity index (χ3n) is 4.79. The summed E-state index contributed by atoms with van der Waals surface area (Å²) in [5, 5.41) is 0. The van der Waals surface area contributed by atoms with E-state index in [-0.39, 0.29) is 11.3 Å². The Hall–Kier alpha value is -0.610. The smallest absolute Gasteiger partial charge is 0.230 e. The molecule has 2 saturated heterocycles. The summed E-state index contributed by atoms with van der Waals surface area (Å²) in [5.74, 6) is 0.283. The third kappa shape index (κ3) is 2.28. The number of nitrogens with two attached hydrogens (primary N) is 1. The van der Waals surface area contributed by atoms with Crippen LogP contribution in [0.4, 0.5) is 0 Å². The Labute approximate surface area is 110 Å². The highest BCUT2D eigenvalue weighted by atomic mass is 16.5. The van der Waals surface area contributed by atoms with Gasteiger partial charge in [-0.25, -0.2) is 0 Å². The maximum Gasteiger partial charge on any atom is 0.230 e. The van der Waals surface area contributed by atoms with Gasteiger partial charge in [-0.15, -0.1) is 0 Å². The molecular weight excluding hydrogens is 228 g/mol. The molecule has 0 saturated carbocycles. The first-order valence-electron chi connectivity index (χ1n) is 7.25. The van der Waals surface area contributed by atoms with Crippen LogP contribution in [0.1, 0.15) is 46.0 Å². The molecule has 18 heavy (non-hydrogen) atoms. The van der Waals surface area contributed by atoms with E-state index in [1.165, 1.54) is 0 Å². The highest BCUT2D eigenvalue weighted by molar-refractivity contribution is 5.84. The average Bonchev–Trinajstić information content (AvgIpc) is 2.79. The van der Waals surface area contributed by atoms with Crippen molar-refractivity contribution in [3.63, 3.8) is 0 Å². The molecule has 0 aromatic rings. The number of amides is 1. The molecule has 0 aromatic carbocycles. The zero-order valence-electron chi connectivity index (χ0n) is 11.7. The summed E-state index contributed by atoms with van der Waals surface area (Å²) >= 11 is 0. The SMILES string of the molecule is CCC1CCC(C)N1C(=O)C1(CN)CCOCC1. The van der Waals surface area contributed by atoms with Crippen molar-refractivity contribution < 1.29 is 9.53 Å². The number of hydrogen-bond donors (Lipinski definition) is 1. The van der Waals surface area contributed by atoms with Crippen molar-refractivity contribution in [2.24, 2.45) is 11.1 Å². The predicted molar refractivity (Wildman–Crippen MR) is 71.2 cm³/mol. The fourth-order valence-electron chi connectivity index (χ4n) is 3.38. The van der Waals surface area contributed by atoms with Crippen LogP contribution in [-0.4, -0.2) is 42.6 Å². The average molecular weight is 254 g/mol. The van der Waals surface area contributed by atoms with Crippen molar-refractivity contribution in [1.82, 2.24) is 4.90 Å². The first-order chi connectivity index (χ1) is 8.64. The van der Waals surface area contributed by atoms with Gasteiger partial charge >= 0.3 is 0 Å². The third-order valence-corrected chi connectivity index (χ3v) is 4.79. The number of likely N-dealkylation sites (tertiary alicyclic amines) is 1. The monoisotopic (exact) mass is 254 g/mol. The van der Waals surface area contributed by atoms with Gasteiger partial charge in [-0.05, 0) is 39.0 Å². The Bertz CT molecular complexity index is 300. The van der Waals surface area contributed by atoms with Crippen LogP contribution < -0.4 is 5.73 Å². The quantitative estimate of drug-likeness (QED) is 0.831. The first kappa shape index (κ1) is 13.8. The van der Waals surface area contributed by atoms with E-state index in [0.29, 0.717) is 31.8 Å². The lowest BCUT2D eigenvalue weighted by molar-refractivity contribution is -0.150. The molecule has 0 aliphatic carbocycles. The molecule has 2 N–H and O–H groups in total. The van der Waals surface area contributed by atoms with Crippen LogP contribution in [0.25, 0.3) is 0 Å². The van der Waals surface area contributed by atoms with E-state index in [2.05, 4.69) is 18.7 Å². The van der Waals surface area contributed by atoms with Gasteiger partial charge in [-0.1, -0.05) is 6.92 Å². The maximum atomic E-state index is 12.9. The fraction of sp³-hybridized carbons (Fsp3) is 0.929. The molecule has 2 heterocycles. The normalized spacial score (nSPS) is 31.6. The van der Waals surface area contributed by atoms with Gasteiger partial charge in [0.15, 0.2) is 0 Å². The van der Waals surface area contributed by atoms with Crippen molar-refractivity contribution >= 4 is 5.91 Å². The van der Waals surface area contributed by atoms with Crippen LogP contribution in [0, 0.1) is 5.41 Å². The van der Waals surface area contributed by atoms with Gasteiger partial charge in [-0.2, -0.15) is 0 Å². The van der Waals surface area contributed by atoms with Crippen molar-refractivity contribution in [3.05, 3.63) is 0 Å². The van der Waals surface area contributed by atoms with E-state index in [1.54, 1.807) is 0 Å². The molecule has 2 rings (SSSR count). The van der Waals surface area contributed by atoms with Crippen LogP contribution >= 0.6 is 0 Å². The van der Waals surface area contributed by atoms with E-state index >= 15 is 0 Å². The van der Waals surface area contributed by atoms with Crippen molar-refractivity contribution in [2.45, 2.75) is 58.0 Å². The lowest BCUT2D eigenvalue weighted by atomic mass is 9.78. The second kappa shape index (κ2) is 5.57. The van der Waals surface area contributed by atoms with Gasteiger partial charge in [0, 0.05) is 31.8 Å². The van der Waals surface area contributed by atoms with Gasteiger partial charge in [0.05, 0.1) is 5.41 Å². The largest absolute Gasteiger partial charge is 0.381 e. The summed E-state index contributed by atoms with van der Waals surface area (Å²) in [6.45, 7) is 6.12. The topological polar surface area (TPSA) is 55.6 Å². The highest BCUT2D eigenvalue weighted by Crippen LogP contribution is 2.36. The molecule has 2 aliphatic heterocycles. The molecule has 2 fully saturated rings. The number of nitrogens with zero attached hydrogens (tertiary/aromatic N) is 1. The number of rotatable bonds is 3. The Kier molecular flexibility index (Phi) is 4.28. The van der Waals surface area contributed by atoms with E-state index < -0.39 is 0 Å². The minimum atomic E-state index is -0.357. The highest BCUT2D eigenvalue weighted by Gasteiger charge is 2.45. The number of ether oxygens (including phenoxy) is 1. The van der Waals surface area contributed by atoms with Crippen LogP contribution in [0.2, 0.25) is 0 Å². The van der Waals surface area contributed by atoms with Crippen molar-refractivity contribution in [1.29, 1.82) is 0 Å². The molecular formula is C14H26N2O2. The second-order valence-corrected chi connectivity index (χ2v) is 5.80. The van der Waals surface area contributed by atoms with E-state index in [4.69, 9.17) is 10.5 Å². The minimum Gasteiger partial charge on any atom is -0.381 e. The van der Waals surface area contributed by atoms with Crippen molar-refractivity contribution in [2.75, 3.05) is 19.8 Å². The zero-order chi connectivity index (χ0) is 13.2. The number of hydrogen-bond acceptors (Lipinski definition) is 3. The summed E-state index contributed by atoms with van der Waals surface area (Å²) < 4.78 is 5.39. The fourth-order valence-corrected chi connectivity index (χ4v) is 3.38. The molecule has 1 amide bonds. The second-order valence-electron chi connectivity index (χ2n) is 5.80.